The lowest BCUT2D eigenvalue weighted by atomic mass is 9.89. The molecule has 2 rings (SSSR count). The molecule has 1 saturated carbocycles. The van der Waals surface area contributed by atoms with Gasteiger partial charge in [-0.3, -0.25) is 0 Å². The summed E-state index contributed by atoms with van der Waals surface area (Å²) in [6.07, 6.45) is 6.75. The Hall–Kier alpha value is -1.02. The average Bonchev–Trinajstić information content (AvgIpc) is 2.72. The molecule has 1 aliphatic carbocycles. The van der Waals surface area contributed by atoms with E-state index in [0.717, 1.165) is 17.6 Å². The average molecular weight is 289 g/mol. The van der Waals surface area contributed by atoms with Crippen LogP contribution in [0.4, 0.5) is 0 Å². The molecule has 118 valence electrons. The minimum Gasteiger partial charge on any atom is -0.496 e. The molecule has 0 bridgehead atoms. The second-order valence-electron chi connectivity index (χ2n) is 6.84. The number of hydrogen-bond donors (Lipinski definition) is 1. The fraction of sp³-hybridized carbons (Fsp3) is 0.684. The van der Waals surface area contributed by atoms with Crippen LogP contribution in [-0.4, -0.2) is 13.2 Å². The van der Waals surface area contributed by atoms with E-state index in [9.17, 15) is 0 Å². The van der Waals surface area contributed by atoms with Gasteiger partial charge in [0.15, 0.2) is 0 Å². The van der Waals surface area contributed by atoms with Gasteiger partial charge in [0.2, 0.25) is 0 Å². The van der Waals surface area contributed by atoms with Gasteiger partial charge in [-0.25, -0.2) is 0 Å². The largest absolute Gasteiger partial charge is 0.496 e. The molecule has 1 aromatic rings. The molecule has 1 aromatic carbocycles. The molecule has 2 heteroatoms. The number of nitrogens with one attached hydrogen (secondary N) is 1. The van der Waals surface area contributed by atoms with Crippen LogP contribution in [0.3, 0.4) is 0 Å². The predicted octanol–water partition coefficient (Wildman–Crippen LogP) is 4.95. The first-order valence-electron chi connectivity index (χ1n) is 8.50. The van der Waals surface area contributed by atoms with Crippen molar-refractivity contribution in [3.8, 4) is 5.75 Å². The Labute approximate surface area is 130 Å². The van der Waals surface area contributed by atoms with E-state index in [4.69, 9.17) is 4.74 Å². The zero-order valence-electron chi connectivity index (χ0n) is 14.1. The Morgan fingerprint density at radius 1 is 1.05 bits per heavy atom. The molecule has 1 fully saturated rings. The van der Waals surface area contributed by atoms with Crippen LogP contribution in [0.2, 0.25) is 0 Å². The molecule has 1 aliphatic rings. The van der Waals surface area contributed by atoms with Gasteiger partial charge in [-0.15, -0.1) is 0 Å². The smallest absolute Gasteiger partial charge is 0.123 e. The van der Waals surface area contributed by atoms with Gasteiger partial charge in [0, 0.05) is 17.6 Å². The minimum atomic E-state index is 0.349. The van der Waals surface area contributed by atoms with E-state index in [2.05, 4.69) is 44.3 Å². The number of ether oxygens (including phenoxy) is 1. The number of methoxy groups -OCH3 is 1. The maximum atomic E-state index is 5.49. The molecule has 2 unspecified atom stereocenters. The van der Waals surface area contributed by atoms with E-state index in [1.165, 1.54) is 37.7 Å². The molecule has 0 saturated heterocycles. The van der Waals surface area contributed by atoms with Crippen molar-refractivity contribution in [2.24, 2.45) is 11.8 Å². The third-order valence-electron chi connectivity index (χ3n) is 5.05. The van der Waals surface area contributed by atoms with Gasteiger partial charge in [0.05, 0.1) is 7.11 Å². The van der Waals surface area contributed by atoms with E-state index in [0.29, 0.717) is 12.1 Å². The molecule has 0 aromatic heterocycles. The number of para-hydroxylation sites is 1. The Balaban J connectivity index is 1.95. The van der Waals surface area contributed by atoms with Crippen LogP contribution in [0, 0.1) is 11.8 Å². The molecule has 0 aliphatic heterocycles. The lowest BCUT2D eigenvalue weighted by Gasteiger charge is -2.24. The summed E-state index contributed by atoms with van der Waals surface area (Å²) in [5, 5.41) is 3.83. The Bertz CT molecular complexity index is 429. The van der Waals surface area contributed by atoms with Crippen molar-refractivity contribution >= 4 is 0 Å². The molecular formula is C19H31NO. The topological polar surface area (TPSA) is 21.3 Å². The minimum absolute atomic E-state index is 0.349. The van der Waals surface area contributed by atoms with Crippen molar-refractivity contribution in [3.63, 3.8) is 0 Å². The monoisotopic (exact) mass is 289 g/mol. The molecule has 1 N–H and O–H groups in total. The summed E-state index contributed by atoms with van der Waals surface area (Å²) in [6.45, 7) is 6.99. The summed E-state index contributed by atoms with van der Waals surface area (Å²) in [4.78, 5) is 0. The Morgan fingerprint density at radius 2 is 1.81 bits per heavy atom. The van der Waals surface area contributed by atoms with E-state index in [1.54, 1.807) is 7.11 Å². The molecule has 2 nitrogen and oxygen atoms in total. The summed E-state index contributed by atoms with van der Waals surface area (Å²) >= 11 is 0. The van der Waals surface area contributed by atoms with Crippen molar-refractivity contribution in [3.05, 3.63) is 29.8 Å². The quantitative estimate of drug-likeness (QED) is 0.774. The van der Waals surface area contributed by atoms with Gasteiger partial charge in [-0.1, -0.05) is 44.9 Å². The third-order valence-corrected chi connectivity index (χ3v) is 5.05. The number of benzene rings is 1. The SMILES string of the molecule is COc1ccccc1[C@@H](C)NC1CCCC(C(C)C)CC1. The second kappa shape index (κ2) is 7.84. The highest BCUT2D eigenvalue weighted by atomic mass is 16.5. The standard InChI is InChI=1S/C19H31NO/c1-14(2)16-8-7-9-17(13-12-16)20-15(3)18-10-5-6-11-19(18)21-4/h5-6,10-11,14-17,20H,7-9,12-13H2,1-4H3/t15-,16?,17?/m1/s1. The highest BCUT2D eigenvalue weighted by Crippen LogP contribution is 2.31. The van der Waals surface area contributed by atoms with Gasteiger partial charge in [0.1, 0.15) is 5.75 Å². The predicted molar refractivity (Wildman–Crippen MR) is 89.7 cm³/mol. The van der Waals surface area contributed by atoms with Crippen molar-refractivity contribution in [2.75, 3.05) is 7.11 Å². The molecule has 0 amide bonds. The van der Waals surface area contributed by atoms with Gasteiger partial charge < -0.3 is 10.1 Å². The van der Waals surface area contributed by atoms with Crippen LogP contribution >= 0.6 is 0 Å². The lowest BCUT2D eigenvalue weighted by molar-refractivity contribution is 0.334. The molecule has 21 heavy (non-hydrogen) atoms. The summed E-state index contributed by atoms with van der Waals surface area (Å²) in [5.74, 6) is 2.74. The van der Waals surface area contributed by atoms with Gasteiger partial charge in [-0.05, 0) is 44.1 Å². The van der Waals surface area contributed by atoms with Crippen molar-refractivity contribution in [2.45, 2.75) is 65.0 Å². The van der Waals surface area contributed by atoms with Crippen LogP contribution < -0.4 is 10.1 Å². The van der Waals surface area contributed by atoms with E-state index in [-0.39, 0.29) is 0 Å². The fourth-order valence-electron chi connectivity index (χ4n) is 3.63. The first-order chi connectivity index (χ1) is 10.1. The number of rotatable bonds is 5. The first kappa shape index (κ1) is 16.4. The highest BCUT2D eigenvalue weighted by Gasteiger charge is 2.22. The molecule has 0 spiro atoms. The molecule has 3 atom stereocenters. The van der Waals surface area contributed by atoms with E-state index >= 15 is 0 Å². The van der Waals surface area contributed by atoms with Gasteiger partial charge in [-0.2, -0.15) is 0 Å². The summed E-state index contributed by atoms with van der Waals surface area (Å²) in [5.41, 5.74) is 1.27. The van der Waals surface area contributed by atoms with Crippen LogP contribution in [0.5, 0.6) is 5.75 Å². The van der Waals surface area contributed by atoms with Gasteiger partial charge >= 0.3 is 0 Å². The fourth-order valence-corrected chi connectivity index (χ4v) is 3.63. The summed E-state index contributed by atoms with van der Waals surface area (Å²) < 4.78 is 5.49. The summed E-state index contributed by atoms with van der Waals surface area (Å²) in [6, 6.07) is 9.35. The van der Waals surface area contributed by atoms with E-state index in [1.807, 2.05) is 6.07 Å². The van der Waals surface area contributed by atoms with Crippen LogP contribution in [0.15, 0.2) is 24.3 Å². The molecule has 0 heterocycles. The highest BCUT2D eigenvalue weighted by molar-refractivity contribution is 5.35. The Morgan fingerprint density at radius 3 is 2.52 bits per heavy atom. The van der Waals surface area contributed by atoms with Crippen LogP contribution in [0.1, 0.15) is 64.5 Å². The number of hydrogen-bond acceptors (Lipinski definition) is 2. The third kappa shape index (κ3) is 4.47. The maximum absolute atomic E-state index is 5.49. The van der Waals surface area contributed by atoms with Crippen molar-refractivity contribution in [1.82, 2.24) is 5.32 Å². The van der Waals surface area contributed by atoms with Crippen LogP contribution in [0.25, 0.3) is 0 Å². The normalized spacial score (nSPS) is 24.6. The first-order valence-corrected chi connectivity index (χ1v) is 8.50. The van der Waals surface area contributed by atoms with Gasteiger partial charge in [0.25, 0.3) is 0 Å². The zero-order valence-corrected chi connectivity index (χ0v) is 14.1. The Kier molecular flexibility index (Phi) is 6.10. The molecule has 0 radical (unpaired) electrons. The maximum Gasteiger partial charge on any atom is 0.123 e. The second-order valence-corrected chi connectivity index (χ2v) is 6.84. The zero-order chi connectivity index (χ0) is 15.2. The van der Waals surface area contributed by atoms with Crippen molar-refractivity contribution < 1.29 is 4.74 Å². The lowest BCUT2D eigenvalue weighted by Crippen LogP contribution is -2.31. The van der Waals surface area contributed by atoms with E-state index < -0.39 is 0 Å². The molecular weight excluding hydrogens is 258 g/mol. The van der Waals surface area contributed by atoms with Crippen molar-refractivity contribution in [1.29, 1.82) is 0 Å². The summed E-state index contributed by atoms with van der Waals surface area (Å²) in [7, 11) is 1.75. The van der Waals surface area contributed by atoms with Crippen LogP contribution in [-0.2, 0) is 0 Å².